The van der Waals surface area contributed by atoms with Gasteiger partial charge in [-0.15, -0.1) is 0 Å². The quantitative estimate of drug-likeness (QED) is 0.639. The Labute approximate surface area is 184 Å². The highest BCUT2D eigenvalue weighted by Gasteiger charge is 2.33. The molecule has 4 heteroatoms. The number of hydrogen-bond acceptors (Lipinski definition) is 4. The van der Waals surface area contributed by atoms with E-state index in [0.717, 1.165) is 38.3 Å². The zero-order valence-electron chi connectivity index (χ0n) is 18.2. The summed E-state index contributed by atoms with van der Waals surface area (Å²) in [6.45, 7) is 10.0. The highest BCUT2D eigenvalue weighted by Crippen LogP contribution is 2.46. The summed E-state index contributed by atoms with van der Waals surface area (Å²) in [6.07, 6.45) is 0. The van der Waals surface area contributed by atoms with Gasteiger partial charge in [0.25, 0.3) is 0 Å². The molecule has 0 radical (unpaired) electrons. The number of nitrogens with one attached hydrogen (secondary N) is 2. The van der Waals surface area contributed by atoms with Crippen molar-refractivity contribution in [3.8, 4) is 17.2 Å². The Bertz CT molecular complexity index is 1150. The van der Waals surface area contributed by atoms with Gasteiger partial charge in [-0.3, -0.25) is 4.90 Å². The highest BCUT2D eigenvalue weighted by atomic mass is 15.2. The molecule has 1 saturated heterocycles. The largest absolute Gasteiger partial charge is 0.355 e. The van der Waals surface area contributed by atoms with Gasteiger partial charge in [-0.1, -0.05) is 44.2 Å². The summed E-state index contributed by atoms with van der Waals surface area (Å²) in [6, 6.07) is 23.6. The van der Waals surface area contributed by atoms with Crippen LogP contribution in [0.5, 0.6) is 0 Å². The van der Waals surface area contributed by atoms with Crippen molar-refractivity contribution >= 4 is 11.4 Å². The second-order valence-corrected chi connectivity index (χ2v) is 9.11. The fourth-order valence-electron chi connectivity index (χ4n) is 4.82. The molecule has 0 unspecified atom stereocenters. The minimum Gasteiger partial charge on any atom is -0.355 e. The molecule has 0 atom stereocenters. The Balaban J connectivity index is 1.48. The van der Waals surface area contributed by atoms with Crippen LogP contribution in [0, 0.1) is 11.3 Å². The van der Waals surface area contributed by atoms with E-state index in [4.69, 9.17) is 5.26 Å². The van der Waals surface area contributed by atoms with Gasteiger partial charge in [0.05, 0.1) is 11.6 Å². The molecule has 2 aliphatic heterocycles. The first kappa shape index (κ1) is 19.8. The lowest BCUT2D eigenvalue weighted by Gasteiger charge is -2.37. The summed E-state index contributed by atoms with van der Waals surface area (Å²) >= 11 is 0. The van der Waals surface area contributed by atoms with E-state index in [0.29, 0.717) is 5.56 Å². The van der Waals surface area contributed by atoms with Gasteiger partial charge >= 0.3 is 0 Å². The van der Waals surface area contributed by atoms with Gasteiger partial charge in [-0.05, 0) is 58.1 Å². The first-order chi connectivity index (χ1) is 15.0. The fourth-order valence-corrected chi connectivity index (χ4v) is 4.82. The number of piperazine rings is 1. The number of rotatable bonds is 3. The van der Waals surface area contributed by atoms with Gasteiger partial charge in [0.1, 0.15) is 0 Å². The number of nitriles is 1. The van der Waals surface area contributed by atoms with Gasteiger partial charge in [0.15, 0.2) is 0 Å². The van der Waals surface area contributed by atoms with Crippen molar-refractivity contribution in [2.45, 2.75) is 25.8 Å². The van der Waals surface area contributed by atoms with E-state index in [9.17, 15) is 0 Å². The third-order valence-corrected chi connectivity index (χ3v) is 6.68. The Morgan fingerprint density at radius 1 is 0.871 bits per heavy atom. The summed E-state index contributed by atoms with van der Waals surface area (Å²) in [5.74, 6) is 0. The van der Waals surface area contributed by atoms with Crippen molar-refractivity contribution in [2.24, 2.45) is 0 Å². The first-order valence-corrected chi connectivity index (χ1v) is 11.0. The summed E-state index contributed by atoms with van der Waals surface area (Å²) in [5.41, 5.74) is 9.31. The smallest absolute Gasteiger partial charge is 0.0991 e. The van der Waals surface area contributed by atoms with Crippen LogP contribution in [-0.2, 0) is 12.0 Å². The minimum atomic E-state index is -0.0992. The maximum absolute atomic E-state index is 9.08. The molecule has 0 saturated carbocycles. The van der Waals surface area contributed by atoms with Gasteiger partial charge in [0, 0.05) is 49.5 Å². The lowest BCUT2D eigenvalue weighted by Crippen LogP contribution is -2.42. The van der Waals surface area contributed by atoms with E-state index in [-0.39, 0.29) is 5.41 Å². The Morgan fingerprint density at radius 3 is 2.23 bits per heavy atom. The van der Waals surface area contributed by atoms with Crippen LogP contribution in [0.2, 0.25) is 0 Å². The average Bonchev–Trinajstić information content (AvgIpc) is 2.80. The molecule has 0 aromatic heterocycles. The molecule has 0 amide bonds. The summed E-state index contributed by atoms with van der Waals surface area (Å²) in [7, 11) is 0. The normalized spacial score (nSPS) is 17.2. The average molecular weight is 409 g/mol. The van der Waals surface area contributed by atoms with Gasteiger partial charge in [0.2, 0.25) is 0 Å². The van der Waals surface area contributed by atoms with E-state index < -0.39 is 0 Å². The number of nitrogens with zero attached hydrogens (tertiary/aromatic N) is 2. The maximum atomic E-state index is 9.08. The van der Waals surface area contributed by atoms with Crippen LogP contribution in [0.3, 0.4) is 0 Å². The molecule has 0 aliphatic carbocycles. The molecule has 2 N–H and O–H groups in total. The van der Waals surface area contributed by atoms with Crippen molar-refractivity contribution in [3.05, 3.63) is 82.9 Å². The zero-order valence-corrected chi connectivity index (χ0v) is 18.2. The molecule has 3 aromatic carbocycles. The van der Waals surface area contributed by atoms with Crippen molar-refractivity contribution in [1.82, 2.24) is 10.2 Å². The van der Waals surface area contributed by atoms with Gasteiger partial charge in [-0.25, -0.2) is 0 Å². The van der Waals surface area contributed by atoms with Crippen LogP contribution in [-0.4, -0.2) is 31.1 Å². The van der Waals surface area contributed by atoms with Gasteiger partial charge in [-0.2, -0.15) is 5.26 Å². The second kappa shape index (κ2) is 7.85. The third-order valence-electron chi connectivity index (χ3n) is 6.68. The number of benzene rings is 3. The molecule has 2 heterocycles. The summed E-state index contributed by atoms with van der Waals surface area (Å²) in [5, 5.41) is 16.2. The molecule has 2 aliphatic rings. The standard InChI is InChI=1S/C27H28N4/c1-27(2)23-15-20(18-31-13-11-29-12-14-31)5-9-25(23)30-26-10-8-22(16-24(26)27)21-6-3-19(17-28)4-7-21/h3-10,15-16,29-30H,11-14,18H2,1-2H3. The third kappa shape index (κ3) is 3.72. The van der Waals surface area contributed by atoms with Crippen LogP contribution in [0.1, 0.15) is 36.1 Å². The van der Waals surface area contributed by atoms with Crippen LogP contribution in [0.15, 0.2) is 60.7 Å². The Hall–Kier alpha value is -3.13. The van der Waals surface area contributed by atoms with E-state index >= 15 is 0 Å². The maximum Gasteiger partial charge on any atom is 0.0991 e. The summed E-state index contributed by atoms with van der Waals surface area (Å²) < 4.78 is 0. The molecule has 0 spiro atoms. The van der Waals surface area contributed by atoms with E-state index in [1.165, 1.54) is 33.6 Å². The van der Waals surface area contributed by atoms with E-state index in [1.807, 2.05) is 24.3 Å². The molecule has 31 heavy (non-hydrogen) atoms. The molecule has 156 valence electrons. The lowest BCUT2D eigenvalue weighted by atomic mass is 9.73. The first-order valence-electron chi connectivity index (χ1n) is 11.0. The minimum absolute atomic E-state index is 0.0992. The van der Waals surface area contributed by atoms with Crippen LogP contribution < -0.4 is 10.6 Å². The van der Waals surface area contributed by atoms with Gasteiger partial charge < -0.3 is 10.6 Å². The monoisotopic (exact) mass is 408 g/mol. The molecule has 4 nitrogen and oxygen atoms in total. The molecule has 3 aromatic rings. The van der Waals surface area contributed by atoms with Crippen molar-refractivity contribution in [2.75, 3.05) is 31.5 Å². The number of fused-ring (bicyclic) bond motifs is 2. The molecule has 1 fully saturated rings. The van der Waals surface area contributed by atoms with E-state index in [2.05, 4.69) is 71.8 Å². The predicted octanol–water partition coefficient (Wildman–Crippen LogP) is 5.01. The highest BCUT2D eigenvalue weighted by molar-refractivity contribution is 5.79. The summed E-state index contributed by atoms with van der Waals surface area (Å²) in [4.78, 5) is 2.53. The molecular weight excluding hydrogens is 380 g/mol. The van der Waals surface area contributed by atoms with Crippen LogP contribution >= 0.6 is 0 Å². The SMILES string of the molecule is CC1(C)c2cc(CN3CCNCC3)ccc2Nc2ccc(-c3ccc(C#N)cc3)cc21. The topological polar surface area (TPSA) is 51.1 Å². The predicted molar refractivity (Wildman–Crippen MR) is 127 cm³/mol. The van der Waals surface area contributed by atoms with Crippen molar-refractivity contribution in [3.63, 3.8) is 0 Å². The number of hydrogen-bond donors (Lipinski definition) is 2. The van der Waals surface area contributed by atoms with Crippen LogP contribution in [0.4, 0.5) is 11.4 Å². The molecular formula is C27H28N4. The Morgan fingerprint density at radius 2 is 1.52 bits per heavy atom. The number of anilines is 2. The Kier molecular flexibility index (Phi) is 5.02. The van der Waals surface area contributed by atoms with Crippen molar-refractivity contribution < 1.29 is 0 Å². The van der Waals surface area contributed by atoms with E-state index in [1.54, 1.807) is 0 Å². The molecule has 0 bridgehead atoms. The zero-order chi connectivity index (χ0) is 21.4. The fraction of sp³-hybridized carbons (Fsp3) is 0.296. The van der Waals surface area contributed by atoms with Crippen molar-refractivity contribution in [1.29, 1.82) is 5.26 Å². The van der Waals surface area contributed by atoms with Crippen LogP contribution in [0.25, 0.3) is 11.1 Å². The molecule has 5 rings (SSSR count). The second-order valence-electron chi connectivity index (χ2n) is 9.11. The lowest BCUT2D eigenvalue weighted by molar-refractivity contribution is 0.233.